The van der Waals surface area contributed by atoms with Crippen LogP contribution in [0.15, 0.2) is 53.1 Å². The van der Waals surface area contributed by atoms with Crippen molar-refractivity contribution < 1.29 is 13.9 Å². The van der Waals surface area contributed by atoms with Crippen molar-refractivity contribution in [2.24, 2.45) is 0 Å². The van der Waals surface area contributed by atoms with Crippen molar-refractivity contribution in [1.82, 2.24) is 15.1 Å². The third kappa shape index (κ3) is 4.99. The van der Waals surface area contributed by atoms with Crippen LogP contribution < -0.4 is 5.32 Å². The van der Waals surface area contributed by atoms with E-state index in [0.29, 0.717) is 35.3 Å². The van der Waals surface area contributed by atoms with Gasteiger partial charge in [-0.25, -0.2) is 4.68 Å². The monoisotopic (exact) mass is 387 g/mol. The highest BCUT2D eigenvalue weighted by Crippen LogP contribution is 2.25. The molecule has 0 spiro atoms. The van der Waals surface area contributed by atoms with Crippen LogP contribution in [-0.4, -0.2) is 34.9 Å². The van der Waals surface area contributed by atoms with E-state index in [0.717, 1.165) is 12.1 Å². The van der Waals surface area contributed by atoms with E-state index < -0.39 is 0 Å². The van der Waals surface area contributed by atoms with Crippen LogP contribution >= 0.6 is 11.6 Å². The van der Waals surface area contributed by atoms with Gasteiger partial charge in [0, 0.05) is 24.2 Å². The Balaban J connectivity index is 1.79. The van der Waals surface area contributed by atoms with Crippen LogP contribution in [0.4, 0.5) is 0 Å². The highest BCUT2D eigenvalue weighted by molar-refractivity contribution is 6.30. The van der Waals surface area contributed by atoms with Gasteiger partial charge in [0.15, 0.2) is 11.5 Å². The summed E-state index contributed by atoms with van der Waals surface area (Å²) in [5.74, 6) is 0.375. The molecule has 2 heterocycles. The molecule has 142 valence electrons. The Kier molecular flexibility index (Phi) is 6.32. The lowest BCUT2D eigenvalue weighted by Gasteiger charge is -2.07. The Bertz CT molecular complexity index is 888. The molecule has 0 saturated carbocycles. The van der Waals surface area contributed by atoms with Crippen molar-refractivity contribution >= 4 is 17.5 Å². The molecule has 0 aliphatic rings. The van der Waals surface area contributed by atoms with E-state index in [9.17, 15) is 4.79 Å². The first-order valence-electron chi connectivity index (χ1n) is 8.84. The number of aromatic nitrogens is 2. The Morgan fingerprint density at radius 1 is 1.30 bits per heavy atom. The minimum absolute atomic E-state index is 0.185. The van der Waals surface area contributed by atoms with Gasteiger partial charge in [-0.15, -0.1) is 0 Å². The van der Waals surface area contributed by atoms with Gasteiger partial charge in [0.05, 0.1) is 18.1 Å². The topological polar surface area (TPSA) is 69.3 Å². The highest BCUT2D eigenvalue weighted by Gasteiger charge is 2.18. The van der Waals surface area contributed by atoms with Crippen LogP contribution in [0.2, 0.25) is 5.02 Å². The SMILES string of the molecule is CC(C)OCCCNC(=O)c1cc(-c2ccco2)n(-c2cccc(Cl)c2)n1. The fraction of sp³-hybridized carbons (Fsp3) is 0.300. The van der Waals surface area contributed by atoms with Gasteiger partial charge in [0.2, 0.25) is 0 Å². The van der Waals surface area contributed by atoms with Crippen molar-refractivity contribution in [1.29, 1.82) is 0 Å². The van der Waals surface area contributed by atoms with E-state index in [2.05, 4.69) is 10.4 Å². The van der Waals surface area contributed by atoms with Crippen LogP contribution in [0.5, 0.6) is 0 Å². The van der Waals surface area contributed by atoms with Gasteiger partial charge in [-0.1, -0.05) is 17.7 Å². The predicted octanol–water partition coefficient (Wildman–Crippen LogP) is 4.33. The summed E-state index contributed by atoms with van der Waals surface area (Å²) in [6.07, 6.45) is 2.51. The van der Waals surface area contributed by atoms with Crippen molar-refractivity contribution in [3.05, 3.63) is 59.4 Å². The molecule has 0 aliphatic carbocycles. The summed E-state index contributed by atoms with van der Waals surface area (Å²) >= 11 is 6.11. The molecule has 0 atom stereocenters. The summed E-state index contributed by atoms with van der Waals surface area (Å²) < 4.78 is 12.6. The lowest BCUT2D eigenvalue weighted by Crippen LogP contribution is -2.26. The number of amides is 1. The fourth-order valence-electron chi connectivity index (χ4n) is 2.58. The van der Waals surface area contributed by atoms with Crippen LogP contribution in [0.1, 0.15) is 30.8 Å². The maximum absolute atomic E-state index is 12.5. The van der Waals surface area contributed by atoms with E-state index in [4.69, 9.17) is 20.8 Å². The van der Waals surface area contributed by atoms with Gasteiger partial charge in [-0.2, -0.15) is 5.10 Å². The van der Waals surface area contributed by atoms with Crippen LogP contribution in [0.3, 0.4) is 0 Å². The van der Waals surface area contributed by atoms with Crippen molar-refractivity contribution in [3.63, 3.8) is 0 Å². The molecule has 1 N–H and O–H groups in total. The molecule has 27 heavy (non-hydrogen) atoms. The normalized spacial score (nSPS) is 11.1. The summed E-state index contributed by atoms with van der Waals surface area (Å²) in [6.45, 7) is 5.09. The average molecular weight is 388 g/mol. The summed E-state index contributed by atoms with van der Waals surface area (Å²) in [5.41, 5.74) is 1.74. The number of hydrogen-bond donors (Lipinski definition) is 1. The van der Waals surface area contributed by atoms with Gasteiger partial charge in [-0.3, -0.25) is 4.79 Å². The number of rotatable bonds is 8. The Hall–Kier alpha value is -2.57. The molecular weight excluding hydrogens is 366 g/mol. The quantitative estimate of drug-likeness (QED) is 0.584. The summed E-state index contributed by atoms with van der Waals surface area (Å²) in [4.78, 5) is 12.5. The zero-order valence-corrected chi connectivity index (χ0v) is 16.1. The van der Waals surface area contributed by atoms with E-state index in [1.54, 1.807) is 35.2 Å². The smallest absolute Gasteiger partial charge is 0.271 e. The van der Waals surface area contributed by atoms with Crippen LogP contribution in [0.25, 0.3) is 17.1 Å². The molecule has 0 bridgehead atoms. The maximum Gasteiger partial charge on any atom is 0.271 e. The number of carbonyl (C=O) groups is 1. The van der Waals surface area contributed by atoms with Crippen molar-refractivity contribution in [3.8, 4) is 17.1 Å². The van der Waals surface area contributed by atoms with Crippen molar-refractivity contribution in [2.45, 2.75) is 26.4 Å². The molecule has 6 nitrogen and oxygen atoms in total. The van der Waals surface area contributed by atoms with Crippen LogP contribution in [-0.2, 0) is 4.74 Å². The average Bonchev–Trinajstić information content (AvgIpc) is 3.30. The van der Waals surface area contributed by atoms with Gasteiger partial charge in [0.25, 0.3) is 5.91 Å². The molecule has 2 aromatic heterocycles. The second-order valence-corrected chi connectivity index (χ2v) is 6.75. The lowest BCUT2D eigenvalue weighted by atomic mass is 10.2. The number of hydrogen-bond acceptors (Lipinski definition) is 4. The summed E-state index contributed by atoms with van der Waals surface area (Å²) in [7, 11) is 0. The summed E-state index contributed by atoms with van der Waals surface area (Å²) in [5, 5.41) is 7.92. The highest BCUT2D eigenvalue weighted by atomic mass is 35.5. The van der Waals surface area contributed by atoms with E-state index in [-0.39, 0.29) is 12.0 Å². The Morgan fingerprint density at radius 2 is 2.15 bits per heavy atom. The van der Waals surface area contributed by atoms with Gasteiger partial charge in [0.1, 0.15) is 5.69 Å². The molecule has 3 aromatic rings. The van der Waals surface area contributed by atoms with Crippen LogP contribution in [0, 0.1) is 0 Å². The number of benzene rings is 1. The molecule has 0 saturated heterocycles. The number of nitrogens with one attached hydrogen (secondary N) is 1. The molecule has 0 fully saturated rings. The molecule has 0 unspecified atom stereocenters. The Morgan fingerprint density at radius 3 is 2.85 bits per heavy atom. The summed E-state index contributed by atoms with van der Waals surface area (Å²) in [6, 6.07) is 12.6. The third-order valence-corrected chi connectivity index (χ3v) is 4.06. The third-order valence-electron chi connectivity index (χ3n) is 3.83. The zero-order chi connectivity index (χ0) is 19.2. The van der Waals surface area contributed by atoms with E-state index in [1.165, 1.54) is 0 Å². The first kappa shape index (κ1) is 19.2. The zero-order valence-electron chi connectivity index (χ0n) is 15.3. The first-order chi connectivity index (χ1) is 13.0. The van der Waals surface area contributed by atoms with Gasteiger partial charge in [-0.05, 0) is 50.6 Å². The molecule has 1 amide bonds. The number of ether oxygens (including phenoxy) is 1. The number of carbonyl (C=O) groups excluding carboxylic acids is 1. The minimum atomic E-state index is -0.242. The number of nitrogens with zero attached hydrogens (tertiary/aromatic N) is 2. The number of furan rings is 1. The second kappa shape index (κ2) is 8.88. The standard InChI is InChI=1S/C20H22ClN3O3/c1-14(2)26-11-5-9-22-20(25)17-13-18(19-8-4-10-27-19)24(23-17)16-7-3-6-15(21)12-16/h3-4,6-8,10,12-14H,5,9,11H2,1-2H3,(H,22,25). The molecule has 0 aliphatic heterocycles. The molecule has 3 rings (SSSR count). The predicted molar refractivity (Wildman–Crippen MR) is 104 cm³/mol. The number of halogens is 1. The minimum Gasteiger partial charge on any atom is -0.463 e. The lowest BCUT2D eigenvalue weighted by molar-refractivity contribution is 0.0756. The van der Waals surface area contributed by atoms with Gasteiger partial charge < -0.3 is 14.5 Å². The fourth-order valence-corrected chi connectivity index (χ4v) is 2.76. The largest absolute Gasteiger partial charge is 0.463 e. The molecule has 0 radical (unpaired) electrons. The second-order valence-electron chi connectivity index (χ2n) is 6.31. The van der Waals surface area contributed by atoms with Crippen molar-refractivity contribution in [2.75, 3.05) is 13.2 Å². The maximum atomic E-state index is 12.5. The van der Waals surface area contributed by atoms with E-state index in [1.807, 2.05) is 32.0 Å². The van der Waals surface area contributed by atoms with E-state index >= 15 is 0 Å². The van der Waals surface area contributed by atoms with Gasteiger partial charge >= 0.3 is 0 Å². The molecule has 7 heteroatoms. The first-order valence-corrected chi connectivity index (χ1v) is 9.22. The molecule has 1 aromatic carbocycles. The Labute approximate surface area is 163 Å². The molecular formula is C20H22ClN3O3.